The molecule has 0 atom stereocenters. The van der Waals surface area contributed by atoms with Crippen LogP contribution < -0.4 is 15.8 Å². The van der Waals surface area contributed by atoms with Gasteiger partial charge in [0, 0.05) is 6.54 Å². The summed E-state index contributed by atoms with van der Waals surface area (Å²) in [5.41, 5.74) is 8.93. The lowest BCUT2D eigenvalue weighted by Gasteiger charge is -2.11. The molecule has 1 aromatic heterocycles. The molecule has 0 fully saturated rings. The van der Waals surface area contributed by atoms with Crippen LogP contribution in [0.1, 0.15) is 24.5 Å². The molecule has 0 spiro atoms. The van der Waals surface area contributed by atoms with E-state index in [0.29, 0.717) is 18.2 Å². The number of anilines is 2. The van der Waals surface area contributed by atoms with E-state index in [0.717, 1.165) is 18.8 Å². The van der Waals surface area contributed by atoms with Crippen molar-refractivity contribution in [2.75, 3.05) is 17.7 Å². The van der Waals surface area contributed by atoms with E-state index >= 15 is 0 Å². The normalized spacial score (nSPS) is 10.3. The number of aryl methyl sites for hydroxylation is 1. The fourth-order valence-electron chi connectivity index (χ4n) is 1.86. The SMILES string of the molecule is CCCOc1nc(NCc2ccccc2C)ccc1N. The number of ether oxygens (including phenoxy) is 1. The van der Waals surface area contributed by atoms with Crippen molar-refractivity contribution in [3.05, 3.63) is 47.5 Å². The second-order valence-electron chi connectivity index (χ2n) is 4.72. The van der Waals surface area contributed by atoms with E-state index in [9.17, 15) is 0 Å². The summed E-state index contributed by atoms with van der Waals surface area (Å²) in [6.45, 7) is 5.51. The number of rotatable bonds is 6. The Labute approximate surface area is 120 Å². The van der Waals surface area contributed by atoms with Gasteiger partial charge in [0.25, 0.3) is 0 Å². The van der Waals surface area contributed by atoms with E-state index in [2.05, 4.69) is 36.3 Å². The van der Waals surface area contributed by atoms with Crippen LogP contribution in [-0.2, 0) is 6.54 Å². The molecule has 0 aliphatic rings. The Balaban J connectivity index is 2.04. The summed E-state index contributed by atoms with van der Waals surface area (Å²) < 4.78 is 5.53. The Bertz CT molecular complexity index is 569. The van der Waals surface area contributed by atoms with Gasteiger partial charge in [0.05, 0.1) is 12.3 Å². The average molecular weight is 271 g/mol. The first-order valence-electron chi connectivity index (χ1n) is 6.88. The van der Waals surface area contributed by atoms with Crippen LogP contribution in [0, 0.1) is 6.92 Å². The molecule has 20 heavy (non-hydrogen) atoms. The van der Waals surface area contributed by atoms with Crippen molar-refractivity contribution in [3.8, 4) is 5.88 Å². The molecule has 3 N–H and O–H groups in total. The minimum atomic E-state index is 0.502. The smallest absolute Gasteiger partial charge is 0.239 e. The van der Waals surface area contributed by atoms with E-state index in [-0.39, 0.29) is 0 Å². The molecule has 1 aromatic carbocycles. The van der Waals surface area contributed by atoms with Crippen molar-refractivity contribution in [3.63, 3.8) is 0 Å². The number of nitrogens with zero attached hydrogens (tertiary/aromatic N) is 1. The maximum Gasteiger partial charge on any atom is 0.239 e. The molecule has 0 saturated carbocycles. The summed E-state index contributed by atoms with van der Waals surface area (Å²) >= 11 is 0. The largest absolute Gasteiger partial charge is 0.476 e. The van der Waals surface area contributed by atoms with Gasteiger partial charge in [0.1, 0.15) is 5.82 Å². The fraction of sp³-hybridized carbons (Fsp3) is 0.312. The highest BCUT2D eigenvalue weighted by Gasteiger charge is 2.04. The Morgan fingerprint density at radius 3 is 2.75 bits per heavy atom. The van der Waals surface area contributed by atoms with Crippen molar-refractivity contribution in [2.24, 2.45) is 0 Å². The maximum atomic E-state index is 5.85. The Morgan fingerprint density at radius 1 is 1.20 bits per heavy atom. The van der Waals surface area contributed by atoms with Crippen LogP contribution in [0.5, 0.6) is 5.88 Å². The summed E-state index contributed by atoms with van der Waals surface area (Å²) in [6, 6.07) is 12.0. The third-order valence-corrected chi connectivity index (χ3v) is 3.05. The maximum absolute atomic E-state index is 5.85. The Hall–Kier alpha value is -2.23. The van der Waals surface area contributed by atoms with Crippen molar-refractivity contribution in [1.29, 1.82) is 0 Å². The quantitative estimate of drug-likeness (QED) is 0.845. The zero-order chi connectivity index (χ0) is 14.4. The molecule has 1 heterocycles. The molecule has 106 valence electrons. The molecule has 0 amide bonds. The van der Waals surface area contributed by atoms with E-state index in [1.54, 1.807) is 0 Å². The van der Waals surface area contributed by atoms with E-state index in [4.69, 9.17) is 10.5 Å². The number of nitrogens with one attached hydrogen (secondary N) is 1. The van der Waals surface area contributed by atoms with Crippen LogP contribution in [0.15, 0.2) is 36.4 Å². The van der Waals surface area contributed by atoms with Crippen molar-refractivity contribution in [2.45, 2.75) is 26.8 Å². The number of benzene rings is 1. The van der Waals surface area contributed by atoms with Crippen LogP contribution in [0.2, 0.25) is 0 Å². The summed E-state index contributed by atoms with van der Waals surface area (Å²) in [4.78, 5) is 4.40. The molecule has 0 aliphatic heterocycles. The number of aromatic nitrogens is 1. The van der Waals surface area contributed by atoms with Gasteiger partial charge in [-0.2, -0.15) is 4.98 Å². The topological polar surface area (TPSA) is 60.2 Å². The number of hydrogen-bond donors (Lipinski definition) is 2. The molecular formula is C16H21N3O. The summed E-state index contributed by atoms with van der Waals surface area (Å²) in [6.07, 6.45) is 0.933. The van der Waals surface area contributed by atoms with Gasteiger partial charge in [-0.25, -0.2) is 0 Å². The van der Waals surface area contributed by atoms with Gasteiger partial charge >= 0.3 is 0 Å². The van der Waals surface area contributed by atoms with E-state index in [1.165, 1.54) is 11.1 Å². The van der Waals surface area contributed by atoms with Crippen LogP contribution in [0.3, 0.4) is 0 Å². The zero-order valence-electron chi connectivity index (χ0n) is 12.0. The van der Waals surface area contributed by atoms with Crippen molar-refractivity contribution < 1.29 is 4.74 Å². The molecular weight excluding hydrogens is 250 g/mol. The minimum Gasteiger partial charge on any atom is -0.476 e. The standard InChI is InChI=1S/C16H21N3O/c1-3-10-20-16-14(17)8-9-15(19-16)18-11-13-7-5-4-6-12(13)2/h4-9H,3,10-11,17H2,1-2H3,(H,18,19). The molecule has 4 nitrogen and oxygen atoms in total. The van der Waals surface area contributed by atoms with Crippen LogP contribution in [0.4, 0.5) is 11.5 Å². The first-order chi connectivity index (χ1) is 9.70. The van der Waals surface area contributed by atoms with Gasteiger partial charge in [-0.15, -0.1) is 0 Å². The van der Waals surface area contributed by atoms with Gasteiger partial charge < -0.3 is 15.8 Å². The molecule has 2 aromatic rings. The van der Waals surface area contributed by atoms with Crippen LogP contribution in [0.25, 0.3) is 0 Å². The van der Waals surface area contributed by atoms with Gasteiger partial charge in [-0.1, -0.05) is 31.2 Å². The minimum absolute atomic E-state index is 0.502. The molecule has 2 rings (SSSR count). The van der Waals surface area contributed by atoms with Crippen molar-refractivity contribution >= 4 is 11.5 Å². The molecule has 0 saturated heterocycles. The predicted octanol–water partition coefficient (Wildman–Crippen LogP) is 3.37. The Kier molecular flexibility index (Phi) is 4.82. The Morgan fingerprint density at radius 2 is 2.00 bits per heavy atom. The highest BCUT2D eigenvalue weighted by Crippen LogP contribution is 2.21. The van der Waals surface area contributed by atoms with Gasteiger partial charge in [-0.05, 0) is 36.6 Å². The van der Waals surface area contributed by atoms with Crippen LogP contribution in [-0.4, -0.2) is 11.6 Å². The first kappa shape index (κ1) is 14.2. The second kappa shape index (κ2) is 6.80. The summed E-state index contributed by atoms with van der Waals surface area (Å²) in [5.74, 6) is 1.27. The lowest BCUT2D eigenvalue weighted by Crippen LogP contribution is -2.06. The number of pyridine rings is 1. The molecule has 0 radical (unpaired) electrons. The molecule has 0 unspecified atom stereocenters. The van der Waals surface area contributed by atoms with Gasteiger partial charge in [0.2, 0.25) is 5.88 Å². The monoisotopic (exact) mass is 271 g/mol. The lowest BCUT2D eigenvalue weighted by atomic mass is 10.1. The van der Waals surface area contributed by atoms with Crippen LogP contribution >= 0.6 is 0 Å². The van der Waals surface area contributed by atoms with Crippen molar-refractivity contribution in [1.82, 2.24) is 4.98 Å². The highest BCUT2D eigenvalue weighted by molar-refractivity contribution is 5.53. The number of nitrogens with two attached hydrogens (primary N) is 1. The first-order valence-corrected chi connectivity index (χ1v) is 6.88. The predicted molar refractivity (Wildman–Crippen MR) is 82.9 cm³/mol. The highest BCUT2D eigenvalue weighted by atomic mass is 16.5. The number of hydrogen-bond acceptors (Lipinski definition) is 4. The lowest BCUT2D eigenvalue weighted by molar-refractivity contribution is 0.307. The van der Waals surface area contributed by atoms with E-state index < -0.39 is 0 Å². The molecule has 0 bridgehead atoms. The summed E-state index contributed by atoms with van der Waals surface area (Å²) in [5, 5.41) is 3.30. The molecule has 4 heteroatoms. The second-order valence-corrected chi connectivity index (χ2v) is 4.72. The average Bonchev–Trinajstić information content (AvgIpc) is 2.46. The van der Waals surface area contributed by atoms with Gasteiger partial charge in [0.15, 0.2) is 0 Å². The van der Waals surface area contributed by atoms with Gasteiger partial charge in [-0.3, -0.25) is 0 Å². The zero-order valence-corrected chi connectivity index (χ0v) is 12.0. The third-order valence-electron chi connectivity index (χ3n) is 3.05. The third kappa shape index (κ3) is 3.63. The fourth-order valence-corrected chi connectivity index (χ4v) is 1.86. The molecule has 0 aliphatic carbocycles. The number of nitrogen functional groups attached to an aromatic ring is 1. The van der Waals surface area contributed by atoms with E-state index in [1.807, 2.05) is 24.3 Å². The summed E-state index contributed by atoms with van der Waals surface area (Å²) in [7, 11) is 0.